The Morgan fingerprint density at radius 3 is 2.43 bits per heavy atom. The highest BCUT2D eigenvalue weighted by Gasteiger charge is 2.27. The van der Waals surface area contributed by atoms with Gasteiger partial charge in [-0.1, -0.05) is 6.07 Å². The molecule has 1 fully saturated rings. The molecule has 2 amide bonds. The molecule has 0 atom stereocenters. The summed E-state index contributed by atoms with van der Waals surface area (Å²) in [6.07, 6.45) is 10.0. The third kappa shape index (κ3) is 3.30. The maximum atomic E-state index is 12.6. The van der Waals surface area contributed by atoms with Crippen molar-refractivity contribution in [3.05, 3.63) is 40.6 Å². The Labute approximate surface area is 164 Å². The zero-order valence-electron chi connectivity index (χ0n) is 15.7. The number of hydrogen-bond acceptors (Lipinski definition) is 4. The number of rotatable bonds is 5. The van der Waals surface area contributed by atoms with Gasteiger partial charge >= 0.3 is 6.03 Å². The molecule has 2 aromatic rings. The Balaban J connectivity index is 1.34. The average molecular weight is 401 g/mol. The summed E-state index contributed by atoms with van der Waals surface area (Å²) in [5.41, 5.74) is 5.74. The molecule has 3 aliphatic rings. The van der Waals surface area contributed by atoms with Gasteiger partial charge in [-0.25, -0.2) is 9.52 Å². The monoisotopic (exact) mass is 400 g/mol. The van der Waals surface area contributed by atoms with Crippen molar-refractivity contribution in [2.75, 3.05) is 5.32 Å². The van der Waals surface area contributed by atoms with Crippen LogP contribution in [0.1, 0.15) is 47.9 Å². The largest absolute Gasteiger partial charge is 0.333 e. The second kappa shape index (κ2) is 6.62. The highest BCUT2D eigenvalue weighted by molar-refractivity contribution is 7.90. The molecule has 28 heavy (non-hydrogen) atoms. The lowest BCUT2D eigenvalue weighted by Crippen LogP contribution is -2.35. The Morgan fingerprint density at radius 1 is 1.11 bits per heavy atom. The number of amides is 2. The summed E-state index contributed by atoms with van der Waals surface area (Å²) >= 11 is 0. The maximum absolute atomic E-state index is 12.6. The van der Waals surface area contributed by atoms with Gasteiger partial charge in [0.15, 0.2) is 5.03 Å². The van der Waals surface area contributed by atoms with Crippen LogP contribution in [0.15, 0.2) is 23.4 Å². The van der Waals surface area contributed by atoms with Crippen LogP contribution in [0, 0.1) is 5.92 Å². The first-order valence-corrected chi connectivity index (χ1v) is 11.5. The van der Waals surface area contributed by atoms with E-state index in [0.717, 1.165) is 63.6 Å². The summed E-state index contributed by atoms with van der Waals surface area (Å²) in [5, 5.41) is 6.86. The summed E-state index contributed by atoms with van der Waals surface area (Å²) in [7, 11) is -4.00. The lowest BCUT2D eigenvalue weighted by Gasteiger charge is -2.16. The number of carbonyl (C=O) groups excluding carboxylic acids is 1. The molecule has 2 N–H and O–H groups in total. The molecule has 1 aromatic heterocycles. The van der Waals surface area contributed by atoms with Crippen molar-refractivity contribution in [3.63, 3.8) is 0 Å². The van der Waals surface area contributed by atoms with Gasteiger partial charge in [-0.05, 0) is 85.6 Å². The standard InChI is InChI=1S/C20H24N4O3S/c25-20(23-28(26,27)18-9-10-24(22-18)12-13-7-8-13)21-19-16-5-1-3-14(16)11-15-4-2-6-17(15)19/h9-11,13H,1-8,12H2,(H2,21,23,25). The van der Waals surface area contributed by atoms with E-state index in [2.05, 4.69) is 21.2 Å². The quantitative estimate of drug-likeness (QED) is 0.807. The molecule has 8 heteroatoms. The number of nitrogens with one attached hydrogen (secondary N) is 2. The number of hydrogen-bond donors (Lipinski definition) is 2. The number of anilines is 1. The van der Waals surface area contributed by atoms with Gasteiger partial charge in [0.2, 0.25) is 0 Å². The molecule has 0 unspecified atom stereocenters. The van der Waals surface area contributed by atoms with Crippen LogP contribution in [0.5, 0.6) is 0 Å². The Bertz CT molecular complexity index is 1020. The van der Waals surface area contributed by atoms with Crippen molar-refractivity contribution in [1.82, 2.24) is 14.5 Å². The highest BCUT2D eigenvalue weighted by atomic mass is 32.2. The van der Waals surface area contributed by atoms with Gasteiger partial charge in [0.1, 0.15) is 0 Å². The summed E-state index contributed by atoms with van der Waals surface area (Å²) in [4.78, 5) is 12.6. The molecule has 1 aromatic carbocycles. The van der Waals surface area contributed by atoms with E-state index in [1.165, 1.54) is 28.3 Å². The van der Waals surface area contributed by atoms with E-state index in [0.29, 0.717) is 5.92 Å². The number of urea groups is 1. The lowest BCUT2D eigenvalue weighted by atomic mass is 9.99. The predicted octanol–water partition coefficient (Wildman–Crippen LogP) is 2.78. The fraction of sp³-hybridized carbons (Fsp3) is 0.500. The van der Waals surface area contributed by atoms with Crippen LogP contribution in [-0.2, 0) is 42.3 Å². The topological polar surface area (TPSA) is 93.1 Å². The number of nitrogens with zero attached hydrogens (tertiary/aromatic N) is 2. The van der Waals surface area contributed by atoms with E-state index >= 15 is 0 Å². The Hall–Kier alpha value is -2.35. The smallest absolute Gasteiger partial charge is 0.307 e. The zero-order valence-corrected chi connectivity index (χ0v) is 16.5. The lowest BCUT2D eigenvalue weighted by molar-refractivity contribution is 0.256. The van der Waals surface area contributed by atoms with Crippen molar-refractivity contribution in [2.45, 2.75) is 62.9 Å². The molecule has 1 saturated carbocycles. The molecule has 0 bridgehead atoms. The van der Waals surface area contributed by atoms with Gasteiger partial charge in [0.05, 0.1) is 0 Å². The summed E-state index contributed by atoms with van der Waals surface area (Å²) in [6, 6.07) is 3.00. The highest BCUT2D eigenvalue weighted by Crippen LogP contribution is 2.38. The van der Waals surface area contributed by atoms with Crippen LogP contribution < -0.4 is 10.0 Å². The van der Waals surface area contributed by atoms with E-state index in [-0.39, 0.29) is 5.03 Å². The minimum absolute atomic E-state index is 0.119. The van der Waals surface area contributed by atoms with E-state index in [1.54, 1.807) is 10.9 Å². The van der Waals surface area contributed by atoms with Gasteiger partial charge in [-0.3, -0.25) is 4.68 Å². The minimum Gasteiger partial charge on any atom is -0.307 e. The van der Waals surface area contributed by atoms with E-state index in [4.69, 9.17) is 0 Å². The van der Waals surface area contributed by atoms with Crippen LogP contribution in [0.4, 0.5) is 10.5 Å². The van der Waals surface area contributed by atoms with Crippen LogP contribution in [-0.4, -0.2) is 24.2 Å². The number of benzene rings is 1. The molecule has 148 valence electrons. The third-order valence-electron chi connectivity index (χ3n) is 5.97. The fourth-order valence-corrected chi connectivity index (χ4v) is 5.29. The van der Waals surface area contributed by atoms with Crippen LogP contribution in [0.3, 0.4) is 0 Å². The maximum Gasteiger partial charge on any atom is 0.333 e. The number of fused-ring (bicyclic) bond motifs is 2. The molecule has 7 nitrogen and oxygen atoms in total. The molecule has 0 spiro atoms. The molecule has 0 radical (unpaired) electrons. The first-order chi connectivity index (χ1) is 13.5. The van der Waals surface area contributed by atoms with E-state index in [9.17, 15) is 13.2 Å². The third-order valence-corrected chi connectivity index (χ3v) is 7.19. The van der Waals surface area contributed by atoms with Crippen LogP contribution >= 0.6 is 0 Å². The van der Waals surface area contributed by atoms with Crippen LogP contribution in [0.25, 0.3) is 0 Å². The second-order valence-corrected chi connectivity index (χ2v) is 9.74. The first kappa shape index (κ1) is 17.7. The van der Waals surface area contributed by atoms with E-state index in [1.807, 2.05) is 0 Å². The van der Waals surface area contributed by atoms with Crippen molar-refractivity contribution in [3.8, 4) is 0 Å². The van der Waals surface area contributed by atoms with Gasteiger partial charge < -0.3 is 5.32 Å². The van der Waals surface area contributed by atoms with Gasteiger partial charge in [-0.2, -0.15) is 13.5 Å². The van der Waals surface area contributed by atoms with Crippen molar-refractivity contribution >= 4 is 21.7 Å². The normalized spacial score (nSPS) is 18.0. The van der Waals surface area contributed by atoms with E-state index < -0.39 is 16.1 Å². The average Bonchev–Trinajstić information content (AvgIpc) is 3.06. The molecular weight excluding hydrogens is 376 g/mol. The number of carbonyl (C=O) groups is 1. The van der Waals surface area contributed by atoms with Crippen molar-refractivity contribution < 1.29 is 13.2 Å². The Kier molecular flexibility index (Phi) is 4.19. The van der Waals surface area contributed by atoms with Crippen LogP contribution in [0.2, 0.25) is 0 Å². The Morgan fingerprint density at radius 2 is 1.79 bits per heavy atom. The zero-order chi connectivity index (χ0) is 19.3. The molecule has 0 aliphatic heterocycles. The SMILES string of the molecule is O=C(Nc1c2c(cc3c1CCC3)CCC2)NS(=O)(=O)c1ccn(CC2CC2)n1. The van der Waals surface area contributed by atoms with Gasteiger partial charge in [-0.15, -0.1) is 0 Å². The summed E-state index contributed by atoms with van der Waals surface area (Å²) in [6.45, 7) is 0.726. The number of sulfonamides is 1. The predicted molar refractivity (Wildman–Crippen MR) is 105 cm³/mol. The fourth-order valence-electron chi connectivity index (χ4n) is 4.43. The summed E-state index contributed by atoms with van der Waals surface area (Å²) < 4.78 is 28.9. The molecule has 1 heterocycles. The minimum atomic E-state index is -4.00. The van der Waals surface area contributed by atoms with Crippen molar-refractivity contribution in [1.29, 1.82) is 0 Å². The number of aromatic nitrogens is 2. The van der Waals surface area contributed by atoms with Crippen molar-refractivity contribution in [2.24, 2.45) is 5.92 Å². The van der Waals surface area contributed by atoms with Gasteiger partial charge in [0.25, 0.3) is 10.0 Å². The molecule has 5 rings (SSSR count). The molecule has 0 saturated heterocycles. The number of aryl methyl sites for hydroxylation is 2. The molecule has 3 aliphatic carbocycles. The van der Waals surface area contributed by atoms with Gasteiger partial charge in [0, 0.05) is 18.4 Å². The summed E-state index contributed by atoms with van der Waals surface area (Å²) in [5.74, 6) is 0.592. The first-order valence-electron chi connectivity index (χ1n) is 10.0. The second-order valence-electron chi connectivity index (χ2n) is 8.11. The molecular formula is C20H24N4O3S.